The number of hydrogen-bond donors (Lipinski definition) is 4. The Hall–Kier alpha value is -1.79. The van der Waals surface area contributed by atoms with Crippen LogP contribution in [0.4, 0.5) is 4.79 Å². The van der Waals surface area contributed by atoms with Gasteiger partial charge in [-0.15, -0.1) is 0 Å². The van der Waals surface area contributed by atoms with Gasteiger partial charge in [0, 0.05) is 19.5 Å². The van der Waals surface area contributed by atoms with E-state index in [4.69, 9.17) is 5.11 Å². The molecule has 0 aliphatic heterocycles. The standard InChI is InChI=1S/C12H23N3O4/c1-2-13-10(16)9-15-12(19)14-8-6-4-3-5-7-11(17)18/h2-9H2,1H3,(H,13,16)(H,17,18)(H2,14,15,19). The highest BCUT2D eigenvalue weighted by molar-refractivity contribution is 5.83. The highest BCUT2D eigenvalue weighted by Gasteiger charge is 2.03. The number of carboxylic acids is 1. The van der Waals surface area contributed by atoms with Gasteiger partial charge >= 0.3 is 12.0 Å². The maximum absolute atomic E-state index is 11.2. The highest BCUT2D eigenvalue weighted by atomic mass is 16.4. The number of unbranched alkanes of at least 4 members (excludes halogenated alkanes) is 3. The number of carbonyl (C=O) groups is 3. The van der Waals surface area contributed by atoms with Gasteiger partial charge in [0.1, 0.15) is 0 Å². The second-order valence-corrected chi connectivity index (χ2v) is 4.12. The summed E-state index contributed by atoms with van der Waals surface area (Å²) in [5.41, 5.74) is 0. The molecule has 0 aromatic carbocycles. The number of amides is 3. The van der Waals surface area contributed by atoms with Crippen LogP contribution in [0.3, 0.4) is 0 Å². The molecule has 0 rings (SSSR count). The number of nitrogens with one attached hydrogen (secondary N) is 3. The molecule has 0 aliphatic rings. The van der Waals surface area contributed by atoms with Gasteiger partial charge in [-0.3, -0.25) is 9.59 Å². The maximum atomic E-state index is 11.2. The van der Waals surface area contributed by atoms with E-state index in [9.17, 15) is 14.4 Å². The van der Waals surface area contributed by atoms with Crippen LogP contribution in [0.25, 0.3) is 0 Å². The predicted octanol–water partition coefficient (Wildman–Crippen LogP) is 0.457. The zero-order chi connectivity index (χ0) is 14.5. The minimum absolute atomic E-state index is 0.0295. The summed E-state index contributed by atoms with van der Waals surface area (Å²) >= 11 is 0. The van der Waals surface area contributed by atoms with Gasteiger partial charge < -0.3 is 21.1 Å². The quantitative estimate of drug-likeness (QED) is 0.434. The normalized spacial score (nSPS) is 9.74. The second-order valence-electron chi connectivity index (χ2n) is 4.12. The predicted molar refractivity (Wildman–Crippen MR) is 70.8 cm³/mol. The average molecular weight is 273 g/mol. The van der Waals surface area contributed by atoms with Crippen molar-refractivity contribution in [1.82, 2.24) is 16.0 Å². The van der Waals surface area contributed by atoms with Gasteiger partial charge in [0.2, 0.25) is 5.91 Å². The number of urea groups is 1. The fourth-order valence-electron chi connectivity index (χ4n) is 1.44. The summed E-state index contributed by atoms with van der Waals surface area (Å²) in [5.74, 6) is -0.992. The van der Waals surface area contributed by atoms with Crippen LogP contribution in [0.1, 0.15) is 39.0 Å². The topological polar surface area (TPSA) is 108 Å². The van der Waals surface area contributed by atoms with Crippen molar-refractivity contribution in [2.24, 2.45) is 0 Å². The molecule has 7 heteroatoms. The summed E-state index contributed by atoms with van der Waals surface area (Å²) < 4.78 is 0. The van der Waals surface area contributed by atoms with E-state index in [1.807, 2.05) is 6.92 Å². The molecule has 0 radical (unpaired) electrons. The van der Waals surface area contributed by atoms with E-state index < -0.39 is 5.97 Å². The van der Waals surface area contributed by atoms with E-state index in [0.717, 1.165) is 19.3 Å². The van der Waals surface area contributed by atoms with Crippen LogP contribution in [0, 0.1) is 0 Å². The van der Waals surface area contributed by atoms with Crippen molar-refractivity contribution in [3.05, 3.63) is 0 Å². The van der Waals surface area contributed by atoms with Crippen molar-refractivity contribution in [3.8, 4) is 0 Å². The van der Waals surface area contributed by atoms with Gasteiger partial charge in [-0.2, -0.15) is 0 Å². The Bertz CT molecular complexity index is 295. The molecule has 0 unspecified atom stereocenters. The monoisotopic (exact) mass is 273 g/mol. The molecule has 0 bridgehead atoms. The van der Waals surface area contributed by atoms with Crippen molar-refractivity contribution < 1.29 is 19.5 Å². The lowest BCUT2D eigenvalue weighted by atomic mass is 10.1. The first-order valence-electron chi connectivity index (χ1n) is 6.56. The third-order valence-corrected chi connectivity index (χ3v) is 2.39. The van der Waals surface area contributed by atoms with Crippen LogP contribution in [0.2, 0.25) is 0 Å². The molecule has 7 nitrogen and oxygen atoms in total. The van der Waals surface area contributed by atoms with Crippen LogP contribution in [0.15, 0.2) is 0 Å². The number of likely N-dealkylation sites (N-methyl/N-ethyl adjacent to an activating group) is 1. The summed E-state index contributed by atoms with van der Waals surface area (Å²) in [5, 5.41) is 16.1. The molecule has 0 heterocycles. The molecule has 4 N–H and O–H groups in total. The Balaban J connectivity index is 3.34. The second kappa shape index (κ2) is 11.3. The zero-order valence-corrected chi connectivity index (χ0v) is 11.3. The van der Waals surface area contributed by atoms with Gasteiger partial charge in [-0.1, -0.05) is 12.8 Å². The Morgan fingerprint density at radius 2 is 1.63 bits per heavy atom. The molecule has 0 saturated heterocycles. The molecule has 0 aromatic rings. The van der Waals surface area contributed by atoms with Gasteiger partial charge in [0.05, 0.1) is 6.54 Å². The van der Waals surface area contributed by atoms with Crippen molar-refractivity contribution in [2.45, 2.75) is 39.0 Å². The molecule has 19 heavy (non-hydrogen) atoms. The van der Waals surface area contributed by atoms with Gasteiger partial charge in [-0.25, -0.2) is 4.79 Å². The first-order valence-corrected chi connectivity index (χ1v) is 6.56. The minimum Gasteiger partial charge on any atom is -0.481 e. The smallest absolute Gasteiger partial charge is 0.315 e. The van der Waals surface area contributed by atoms with E-state index >= 15 is 0 Å². The van der Waals surface area contributed by atoms with Crippen LogP contribution in [-0.2, 0) is 9.59 Å². The van der Waals surface area contributed by atoms with Crippen LogP contribution >= 0.6 is 0 Å². The Morgan fingerprint density at radius 3 is 2.26 bits per heavy atom. The maximum Gasteiger partial charge on any atom is 0.315 e. The van der Waals surface area contributed by atoms with E-state index in [1.165, 1.54) is 0 Å². The third-order valence-electron chi connectivity index (χ3n) is 2.39. The summed E-state index contributed by atoms with van der Waals surface area (Å²) in [6.07, 6.45) is 3.38. The summed E-state index contributed by atoms with van der Waals surface area (Å²) in [4.78, 5) is 32.6. The molecule has 110 valence electrons. The number of aliphatic carboxylic acids is 1. The Kier molecular flexibility index (Phi) is 10.2. The fraction of sp³-hybridized carbons (Fsp3) is 0.750. The average Bonchev–Trinajstić information content (AvgIpc) is 2.35. The lowest BCUT2D eigenvalue weighted by Crippen LogP contribution is -2.42. The lowest BCUT2D eigenvalue weighted by Gasteiger charge is -2.07. The highest BCUT2D eigenvalue weighted by Crippen LogP contribution is 2.01. The van der Waals surface area contributed by atoms with Gasteiger partial charge in [0.25, 0.3) is 0 Å². The molecule has 0 aromatic heterocycles. The first kappa shape index (κ1) is 17.2. The SMILES string of the molecule is CCNC(=O)CNC(=O)NCCCCCCC(=O)O. The lowest BCUT2D eigenvalue weighted by molar-refractivity contribution is -0.137. The van der Waals surface area contributed by atoms with E-state index in [1.54, 1.807) is 0 Å². The van der Waals surface area contributed by atoms with E-state index in [-0.39, 0.29) is 24.9 Å². The van der Waals surface area contributed by atoms with Crippen LogP contribution in [-0.4, -0.2) is 42.6 Å². The van der Waals surface area contributed by atoms with Gasteiger partial charge in [0.15, 0.2) is 0 Å². The van der Waals surface area contributed by atoms with Crippen LogP contribution < -0.4 is 16.0 Å². The molecule has 0 spiro atoms. The Morgan fingerprint density at radius 1 is 0.947 bits per heavy atom. The minimum atomic E-state index is -0.775. The largest absolute Gasteiger partial charge is 0.481 e. The molecule has 0 fully saturated rings. The molecular formula is C12H23N3O4. The van der Waals surface area contributed by atoms with Gasteiger partial charge in [-0.05, 0) is 19.8 Å². The molecular weight excluding hydrogens is 250 g/mol. The summed E-state index contributed by atoms with van der Waals surface area (Å²) in [6, 6.07) is -0.364. The summed E-state index contributed by atoms with van der Waals surface area (Å²) in [7, 11) is 0. The number of carboxylic acid groups (broad SMARTS) is 1. The third kappa shape index (κ3) is 12.5. The van der Waals surface area contributed by atoms with Crippen molar-refractivity contribution in [3.63, 3.8) is 0 Å². The van der Waals surface area contributed by atoms with E-state index in [2.05, 4.69) is 16.0 Å². The molecule has 0 aliphatic carbocycles. The number of rotatable bonds is 10. The number of hydrogen-bond acceptors (Lipinski definition) is 3. The molecule has 3 amide bonds. The van der Waals surface area contributed by atoms with Crippen molar-refractivity contribution in [1.29, 1.82) is 0 Å². The molecule has 0 saturated carbocycles. The number of carbonyl (C=O) groups excluding carboxylic acids is 2. The van der Waals surface area contributed by atoms with Crippen molar-refractivity contribution in [2.75, 3.05) is 19.6 Å². The zero-order valence-electron chi connectivity index (χ0n) is 11.3. The first-order chi connectivity index (χ1) is 9.06. The fourth-order valence-corrected chi connectivity index (χ4v) is 1.44. The van der Waals surface area contributed by atoms with Crippen molar-refractivity contribution >= 4 is 17.9 Å². The van der Waals surface area contributed by atoms with E-state index in [0.29, 0.717) is 19.5 Å². The molecule has 0 atom stereocenters. The Labute approximate surface area is 113 Å². The summed E-state index contributed by atoms with van der Waals surface area (Å²) in [6.45, 7) is 2.84. The van der Waals surface area contributed by atoms with Crippen LogP contribution in [0.5, 0.6) is 0 Å².